The molecular weight excluding hydrogens is 262 g/mol. The van der Waals surface area contributed by atoms with Crippen molar-refractivity contribution in [1.29, 1.82) is 0 Å². The molecule has 0 bridgehead atoms. The third kappa shape index (κ3) is 4.72. The van der Waals surface area contributed by atoms with Crippen LogP contribution >= 0.6 is 0 Å². The summed E-state index contributed by atoms with van der Waals surface area (Å²) < 4.78 is 5.81. The standard InChI is InChI=1S/C18H29NO2/c1-13-7-4-5-10-17(13)19-11-16(20)12-21-18-14(2)8-6-9-15(18)3/h6,8-9,13,16-17,19-20H,4-5,7,10-12H2,1-3H3. The summed E-state index contributed by atoms with van der Waals surface area (Å²) in [6.45, 7) is 7.34. The Morgan fingerprint density at radius 2 is 1.90 bits per heavy atom. The fraction of sp³-hybridized carbons (Fsp3) is 0.667. The van der Waals surface area contributed by atoms with E-state index in [1.54, 1.807) is 0 Å². The molecule has 1 aliphatic carbocycles. The zero-order chi connectivity index (χ0) is 15.2. The van der Waals surface area contributed by atoms with E-state index < -0.39 is 6.10 Å². The molecule has 1 saturated carbocycles. The Balaban J connectivity index is 1.76. The van der Waals surface area contributed by atoms with E-state index in [9.17, 15) is 5.11 Å². The number of hydrogen-bond acceptors (Lipinski definition) is 3. The lowest BCUT2D eigenvalue weighted by atomic mass is 9.86. The Labute approximate surface area is 128 Å². The third-order valence-corrected chi connectivity index (χ3v) is 4.56. The molecule has 0 spiro atoms. The van der Waals surface area contributed by atoms with Crippen LogP contribution in [-0.4, -0.2) is 30.4 Å². The van der Waals surface area contributed by atoms with Gasteiger partial charge in [0, 0.05) is 12.6 Å². The Kier molecular flexibility index (Phi) is 6.07. The zero-order valence-electron chi connectivity index (χ0n) is 13.6. The predicted molar refractivity (Wildman–Crippen MR) is 86.8 cm³/mol. The summed E-state index contributed by atoms with van der Waals surface area (Å²) >= 11 is 0. The molecule has 118 valence electrons. The van der Waals surface area contributed by atoms with Gasteiger partial charge >= 0.3 is 0 Å². The number of benzene rings is 1. The lowest BCUT2D eigenvalue weighted by Crippen LogP contribution is -2.42. The summed E-state index contributed by atoms with van der Waals surface area (Å²) in [6, 6.07) is 6.65. The lowest BCUT2D eigenvalue weighted by molar-refractivity contribution is 0.0978. The van der Waals surface area contributed by atoms with Crippen LogP contribution in [0.1, 0.15) is 43.7 Å². The highest BCUT2D eigenvalue weighted by atomic mass is 16.5. The second kappa shape index (κ2) is 7.81. The zero-order valence-corrected chi connectivity index (χ0v) is 13.6. The van der Waals surface area contributed by atoms with Crippen molar-refractivity contribution in [3.8, 4) is 5.75 Å². The summed E-state index contributed by atoms with van der Waals surface area (Å²) in [4.78, 5) is 0. The van der Waals surface area contributed by atoms with E-state index in [1.165, 1.54) is 25.7 Å². The second-order valence-corrected chi connectivity index (χ2v) is 6.46. The van der Waals surface area contributed by atoms with Crippen molar-refractivity contribution in [2.75, 3.05) is 13.2 Å². The van der Waals surface area contributed by atoms with Crippen LogP contribution in [0.15, 0.2) is 18.2 Å². The molecule has 1 aliphatic rings. The van der Waals surface area contributed by atoms with Crippen LogP contribution in [0.5, 0.6) is 5.75 Å². The Bertz CT molecular complexity index is 427. The molecule has 21 heavy (non-hydrogen) atoms. The number of nitrogens with one attached hydrogen (secondary N) is 1. The SMILES string of the molecule is Cc1cccc(C)c1OCC(O)CNC1CCCCC1C. The minimum absolute atomic E-state index is 0.347. The summed E-state index contributed by atoms with van der Waals surface area (Å²) in [5.41, 5.74) is 2.24. The van der Waals surface area contributed by atoms with Crippen molar-refractivity contribution in [3.63, 3.8) is 0 Å². The average molecular weight is 291 g/mol. The first kappa shape index (κ1) is 16.3. The van der Waals surface area contributed by atoms with E-state index in [0.29, 0.717) is 25.1 Å². The van der Waals surface area contributed by atoms with Gasteiger partial charge in [0.1, 0.15) is 18.5 Å². The fourth-order valence-electron chi connectivity index (χ4n) is 3.17. The highest BCUT2D eigenvalue weighted by Crippen LogP contribution is 2.24. The van der Waals surface area contributed by atoms with Gasteiger partial charge in [0.25, 0.3) is 0 Å². The maximum absolute atomic E-state index is 10.1. The lowest BCUT2D eigenvalue weighted by Gasteiger charge is -2.30. The normalized spacial score (nSPS) is 23.8. The molecule has 0 saturated heterocycles. The summed E-state index contributed by atoms with van der Waals surface area (Å²) in [7, 11) is 0. The van der Waals surface area contributed by atoms with E-state index in [0.717, 1.165) is 16.9 Å². The highest BCUT2D eigenvalue weighted by molar-refractivity contribution is 5.39. The summed E-state index contributed by atoms with van der Waals surface area (Å²) in [5, 5.41) is 13.6. The minimum atomic E-state index is -0.460. The molecule has 3 atom stereocenters. The number of para-hydroxylation sites is 1. The molecule has 1 fully saturated rings. The molecule has 0 heterocycles. The fourth-order valence-corrected chi connectivity index (χ4v) is 3.17. The Morgan fingerprint density at radius 1 is 1.24 bits per heavy atom. The average Bonchev–Trinajstić information content (AvgIpc) is 2.46. The van der Waals surface area contributed by atoms with Gasteiger partial charge in [-0.1, -0.05) is 38.0 Å². The van der Waals surface area contributed by atoms with Gasteiger partial charge < -0.3 is 15.2 Å². The van der Waals surface area contributed by atoms with Gasteiger partial charge in [-0.2, -0.15) is 0 Å². The number of aryl methyl sites for hydroxylation is 2. The molecule has 0 radical (unpaired) electrons. The molecular formula is C18H29NO2. The highest BCUT2D eigenvalue weighted by Gasteiger charge is 2.21. The number of hydrogen-bond donors (Lipinski definition) is 2. The van der Waals surface area contributed by atoms with Gasteiger partial charge in [0.2, 0.25) is 0 Å². The van der Waals surface area contributed by atoms with Gasteiger partial charge in [-0.25, -0.2) is 0 Å². The van der Waals surface area contributed by atoms with Gasteiger partial charge in [-0.3, -0.25) is 0 Å². The maximum atomic E-state index is 10.1. The van der Waals surface area contributed by atoms with Gasteiger partial charge in [0.05, 0.1) is 0 Å². The molecule has 1 aromatic carbocycles. The van der Waals surface area contributed by atoms with Crippen LogP contribution in [-0.2, 0) is 0 Å². The smallest absolute Gasteiger partial charge is 0.125 e. The van der Waals surface area contributed by atoms with Crippen LogP contribution in [0.4, 0.5) is 0 Å². The molecule has 3 nitrogen and oxygen atoms in total. The van der Waals surface area contributed by atoms with Crippen LogP contribution in [0.2, 0.25) is 0 Å². The number of aliphatic hydroxyl groups excluding tert-OH is 1. The number of aliphatic hydroxyl groups is 1. The van der Waals surface area contributed by atoms with E-state index in [-0.39, 0.29) is 0 Å². The monoisotopic (exact) mass is 291 g/mol. The van der Waals surface area contributed by atoms with Crippen molar-refractivity contribution >= 4 is 0 Å². The van der Waals surface area contributed by atoms with Gasteiger partial charge in [-0.05, 0) is 43.7 Å². The first-order valence-corrected chi connectivity index (χ1v) is 8.18. The van der Waals surface area contributed by atoms with E-state index in [1.807, 2.05) is 32.0 Å². The van der Waals surface area contributed by atoms with E-state index in [4.69, 9.17) is 4.74 Å². The van der Waals surface area contributed by atoms with Crippen LogP contribution in [0, 0.1) is 19.8 Å². The molecule has 3 unspecified atom stereocenters. The molecule has 3 heteroatoms. The van der Waals surface area contributed by atoms with Crippen LogP contribution in [0.25, 0.3) is 0 Å². The van der Waals surface area contributed by atoms with Gasteiger partial charge in [-0.15, -0.1) is 0 Å². The molecule has 1 aromatic rings. The largest absolute Gasteiger partial charge is 0.490 e. The maximum Gasteiger partial charge on any atom is 0.125 e. The minimum Gasteiger partial charge on any atom is -0.490 e. The van der Waals surface area contributed by atoms with Crippen molar-refractivity contribution in [2.45, 2.75) is 58.6 Å². The van der Waals surface area contributed by atoms with Crippen LogP contribution in [0.3, 0.4) is 0 Å². The van der Waals surface area contributed by atoms with E-state index in [2.05, 4.69) is 12.2 Å². The number of rotatable bonds is 6. The van der Waals surface area contributed by atoms with Crippen molar-refractivity contribution in [3.05, 3.63) is 29.3 Å². The van der Waals surface area contributed by atoms with E-state index >= 15 is 0 Å². The molecule has 2 N–H and O–H groups in total. The van der Waals surface area contributed by atoms with Crippen molar-refractivity contribution < 1.29 is 9.84 Å². The first-order valence-electron chi connectivity index (χ1n) is 8.18. The molecule has 0 amide bonds. The Hall–Kier alpha value is -1.06. The topological polar surface area (TPSA) is 41.5 Å². The molecule has 2 rings (SSSR count). The Morgan fingerprint density at radius 3 is 2.57 bits per heavy atom. The first-order chi connectivity index (χ1) is 10.1. The predicted octanol–water partition coefficient (Wildman–Crippen LogP) is 3.21. The second-order valence-electron chi connectivity index (χ2n) is 6.46. The third-order valence-electron chi connectivity index (χ3n) is 4.56. The van der Waals surface area contributed by atoms with Crippen molar-refractivity contribution in [2.24, 2.45) is 5.92 Å². The molecule has 0 aliphatic heterocycles. The number of ether oxygens (including phenoxy) is 1. The van der Waals surface area contributed by atoms with Crippen LogP contribution < -0.4 is 10.1 Å². The van der Waals surface area contributed by atoms with Gasteiger partial charge in [0.15, 0.2) is 0 Å². The summed E-state index contributed by atoms with van der Waals surface area (Å²) in [5.74, 6) is 1.62. The molecule has 0 aromatic heterocycles. The summed E-state index contributed by atoms with van der Waals surface area (Å²) in [6.07, 6.45) is 4.71. The quantitative estimate of drug-likeness (QED) is 0.845. The van der Waals surface area contributed by atoms with Crippen molar-refractivity contribution in [1.82, 2.24) is 5.32 Å².